The van der Waals surface area contributed by atoms with Crippen LogP contribution in [0.4, 0.5) is 8.78 Å². The smallest absolute Gasteiger partial charge is 0.267 e. The maximum absolute atomic E-state index is 13.1. The molecule has 2 aromatic rings. The topological polar surface area (TPSA) is 30.7 Å². The van der Waals surface area contributed by atoms with Crippen LogP contribution >= 0.6 is 11.6 Å². The number of aromatic nitrogens is 3. The Bertz CT molecular complexity index is 594. The van der Waals surface area contributed by atoms with Gasteiger partial charge in [0.2, 0.25) is 0 Å². The summed E-state index contributed by atoms with van der Waals surface area (Å²) in [7, 11) is 0. The third-order valence-electron chi connectivity index (χ3n) is 2.81. The summed E-state index contributed by atoms with van der Waals surface area (Å²) in [5.41, 5.74) is 1.46. The van der Waals surface area contributed by atoms with Gasteiger partial charge in [0.1, 0.15) is 10.8 Å². The van der Waals surface area contributed by atoms with E-state index >= 15 is 0 Å². The van der Waals surface area contributed by atoms with Gasteiger partial charge in [-0.05, 0) is 32.4 Å². The van der Waals surface area contributed by atoms with E-state index in [9.17, 15) is 8.78 Å². The van der Waals surface area contributed by atoms with Crippen LogP contribution in [0.2, 0.25) is 5.15 Å². The molecule has 19 heavy (non-hydrogen) atoms. The highest BCUT2D eigenvalue weighted by Crippen LogP contribution is 2.31. The molecule has 0 unspecified atom stereocenters. The first-order valence-electron chi connectivity index (χ1n) is 5.90. The summed E-state index contributed by atoms with van der Waals surface area (Å²) in [5, 5.41) is 4.59. The zero-order chi connectivity index (χ0) is 14.2. The van der Waals surface area contributed by atoms with Gasteiger partial charge in [-0.2, -0.15) is 5.10 Å². The summed E-state index contributed by atoms with van der Waals surface area (Å²) in [5.74, 6) is 0. The standard InChI is InChI=1S/C13H14ClF2N3/c1-7(2)19-6-10(13(15)16)11(18-19)9-4-8(3)12(14)17-5-9/h4-7,13H,1-3H3. The molecule has 0 aliphatic rings. The number of aryl methyl sites for hydroxylation is 1. The Morgan fingerprint density at radius 1 is 1.32 bits per heavy atom. The number of nitrogens with zero attached hydrogens (tertiary/aromatic N) is 3. The van der Waals surface area contributed by atoms with Gasteiger partial charge in [0.25, 0.3) is 6.43 Å². The summed E-state index contributed by atoms with van der Waals surface area (Å²) in [4.78, 5) is 3.98. The van der Waals surface area contributed by atoms with Crippen molar-refractivity contribution in [3.63, 3.8) is 0 Å². The number of alkyl halides is 2. The van der Waals surface area contributed by atoms with Crippen molar-refractivity contribution >= 4 is 11.6 Å². The molecule has 3 nitrogen and oxygen atoms in total. The van der Waals surface area contributed by atoms with Crippen molar-refractivity contribution in [2.75, 3.05) is 0 Å². The van der Waals surface area contributed by atoms with Crippen molar-refractivity contribution < 1.29 is 8.78 Å². The fraction of sp³-hybridized carbons (Fsp3) is 0.385. The monoisotopic (exact) mass is 285 g/mol. The van der Waals surface area contributed by atoms with Crippen LogP contribution < -0.4 is 0 Å². The Labute approximate surface area is 115 Å². The minimum Gasteiger partial charge on any atom is -0.269 e. The summed E-state index contributed by atoms with van der Waals surface area (Å²) < 4.78 is 27.7. The molecule has 2 heterocycles. The van der Waals surface area contributed by atoms with Crippen molar-refractivity contribution in [1.82, 2.24) is 14.8 Å². The fourth-order valence-electron chi connectivity index (χ4n) is 1.74. The first-order valence-corrected chi connectivity index (χ1v) is 6.27. The second-order valence-corrected chi connectivity index (χ2v) is 5.00. The largest absolute Gasteiger partial charge is 0.269 e. The number of hydrogen-bond donors (Lipinski definition) is 0. The van der Waals surface area contributed by atoms with Crippen molar-refractivity contribution in [3.05, 3.63) is 34.7 Å². The number of halogens is 3. The normalized spacial score (nSPS) is 11.6. The summed E-state index contributed by atoms with van der Waals surface area (Å²) in [6, 6.07) is 1.74. The van der Waals surface area contributed by atoms with E-state index in [0.29, 0.717) is 10.7 Å². The lowest BCUT2D eigenvalue weighted by Crippen LogP contribution is -2.00. The van der Waals surface area contributed by atoms with Gasteiger partial charge in [-0.25, -0.2) is 13.8 Å². The van der Waals surface area contributed by atoms with E-state index in [-0.39, 0.29) is 17.3 Å². The molecule has 2 rings (SSSR count). The molecule has 0 aromatic carbocycles. The van der Waals surface area contributed by atoms with Crippen LogP contribution in [-0.2, 0) is 0 Å². The van der Waals surface area contributed by atoms with Crippen LogP contribution in [0.1, 0.15) is 37.4 Å². The molecular weight excluding hydrogens is 272 g/mol. The maximum atomic E-state index is 13.1. The molecule has 0 aliphatic heterocycles. The Hall–Kier alpha value is -1.49. The average molecular weight is 286 g/mol. The van der Waals surface area contributed by atoms with E-state index in [1.165, 1.54) is 17.1 Å². The van der Waals surface area contributed by atoms with Gasteiger partial charge >= 0.3 is 0 Å². The van der Waals surface area contributed by atoms with Crippen LogP contribution in [0.3, 0.4) is 0 Å². The quantitative estimate of drug-likeness (QED) is 0.781. The Balaban J connectivity index is 2.56. The molecule has 0 N–H and O–H groups in total. The van der Waals surface area contributed by atoms with Crippen LogP contribution in [0.15, 0.2) is 18.5 Å². The second-order valence-electron chi connectivity index (χ2n) is 4.64. The van der Waals surface area contributed by atoms with Gasteiger partial charge in [-0.3, -0.25) is 4.68 Å². The van der Waals surface area contributed by atoms with Crippen molar-refractivity contribution in [1.29, 1.82) is 0 Å². The first kappa shape index (κ1) is 13.9. The molecule has 0 amide bonds. The zero-order valence-electron chi connectivity index (χ0n) is 10.9. The Morgan fingerprint density at radius 3 is 2.53 bits per heavy atom. The van der Waals surface area contributed by atoms with Gasteiger partial charge in [-0.15, -0.1) is 0 Å². The van der Waals surface area contributed by atoms with E-state index < -0.39 is 6.43 Å². The van der Waals surface area contributed by atoms with Crippen LogP contribution in [0.25, 0.3) is 11.3 Å². The second kappa shape index (κ2) is 5.25. The molecule has 0 saturated carbocycles. The number of hydrogen-bond acceptors (Lipinski definition) is 2. The predicted octanol–water partition coefficient (Wildman–Crippen LogP) is 4.43. The van der Waals surface area contributed by atoms with E-state index in [1.54, 1.807) is 13.0 Å². The minimum atomic E-state index is -2.57. The number of pyridine rings is 1. The van der Waals surface area contributed by atoms with E-state index in [0.717, 1.165) is 5.56 Å². The number of rotatable bonds is 3. The summed E-state index contributed by atoms with van der Waals surface area (Å²) >= 11 is 5.84. The first-order chi connectivity index (χ1) is 8.90. The van der Waals surface area contributed by atoms with Gasteiger partial charge in [0.15, 0.2) is 0 Å². The molecule has 102 valence electrons. The van der Waals surface area contributed by atoms with Crippen molar-refractivity contribution in [3.8, 4) is 11.3 Å². The molecule has 0 saturated heterocycles. The molecule has 6 heteroatoms. The highest BCUT2D eigenvalue weighted by atomic mass is 35.5. The molecule has 0 atom stereocenters. The van der Waals surface area contributed by atoms with E-state index in [4.69, 9.17) is 11.6 Å². The van der Waals surface area contributed by atoms with Gasteiger partial charge in [0.05, 0.1) is 5.56 Å². The SMILES string of the molecule is Cc1cc(-c2nn(C(C)C)cc2C(F)F)cnc1Cl. The highest BCUT2D eigenvalue weighted by molar-refractivity contribution is 6.30. The molecule has 0 fully saturated rings. The zero-order valence-corrected chi connectivity index (χ0v) is 11.6. The lowest BCUT2D eigenvalue weighted by atomic mass is 10.1. The molecule has 0 radical (unpaired) electrons. The average Bonchev–Trinajstić information content (AvgIpc) is 2.78. The van der Waals surface area contributed by atoms with Crippen LogP contribution in [-0.4, -0.2) is 14.8 Å². The lowest BCUT2D eigenvalue weighted by Gasteiger charge is -2.04. The van der Waals surface area contributed by atoms with Crippen LogP contribution in [0.5, 0.6) is 0 Å². The highest BCUT2D eigenvalue weighted by Gasteiger charge is 2.20. The minimum absolute atomic E-state index is 0.0209. The lowest BCUT2D eigenvalue weighted by molar-refractivity contribution is 0.152. The summed E-state index contributed by atoms with van der Waals surface area (Å²) in [6.45, 7) is 5.55. The third kappa shape index (κ3) is 2.76. The van der Waals surface area contributed by atoms with Crippen LogP contribution in [0, 0.1) is 6.92 Å². The van der Waals surface area contributed by atoms with Gasteiger partial charge in [0, 0.05) is 24.0 Å². The van der Waals surface area contributed by atoms with E-state index in [1.807, 2.05) is 13.8 Å². The van der Waals surface area contributed by atoms with Crippen molar-refractivity contribution in [2.24, 2.45) is 0 Å². The van der Waals surface area contributed by atoms with E-state index in [2.05, 4.69) is 10.1 Å². The fourth-order valence-corrected chi connectivity index (χ4v) is 1.85. The molecular formula is C13H14ClF2N3. The molecule has 0 spiro atoms. The maximum Gasteiger partial charge on any atom is 0.267 e. The third-order valence-corrected chi connectivity index (χ3v) is 3.21. The van der Waals surface area contributed by atoms with Crippen molar-refractivity contribution in [2.45, 2.75) is 33.2 Å². The van der Waals surface area contributed by atoms with Gasteiger partial charge < -0.3 is 0 Å². The van der Waals surface area contributed by atoms with Gasteiger partial charge in [-0.1, -0.05) is 11.6 Å². The Kier molecular flexibility index (Phi) is 3.85. The summed E-state index contributed by atoms with van der Waals surface area (Å²) in [6.07, 6.45) is 0.279. The Morgan fingerprint density at radius 2 is 2.00 bits per heavy atom. The molecule has 0 aliphatic carbocycles. The molecule has 2 aromatic heterocycles. The molecule has 0 bridgehead atoms. The predicted molar refractivity (Wildman–Crippen MR) is 70.5 cm³/mol.